The molecule has 0 atom stereocenters. The molecule has 1 fully saturated rings. The van der Waals surface area contributed by atoms with Crippen LogP contribution in [0.3, 0.4) is 0 Å². The molecule has 2 heterocycles. The summed E-state index contributed by atoms with van der Waals surface area (Å²) in [5.41, 5.74) is 0. The second kappa shape index (κ2) is 5.23. The van der Waals surface area contributed by atoms with Crippen LogP contribution < -0.4 is 10.2 Å². The van der Waals surface area contributed by atoms with E-state index < -0.39 is 0 Å². The van der Waals surface area contributed by atoms with Crippen molar-refractivity contribution in [1.82, 2.24) is 10.3 Å². The van der Waals surface area contributed by atoms with Gasteiger partial charge in [-0.3, -0.25) is 4.79 Å². The lowest BCUT2D eigenvalue weighted by atomic mass is 10.4. The molecular formula is C11H16ClN3OS. The molecule has 0 spiro atoms. The number of amides is 1. The maximum atomic E-state index is 11.9. The van der Waals surface area contributed by atoms with Gasteiger partial charge in [0.1, 0.15) is 4.88 Å². The van der Waals surface area contributed by atoms with Gasteiger partial charge in [0.05, 0.1) is 0 Å². The van der Waals surface area contributed by atoms with Gasteiger partial charge in [-0.05, 0) is 26.7 Å². The third-order valence-electron chi connectivity index (χ3n) is 2.58. The van der Waals surface area contributed by atoms with Crippen molar-refractivity contribution >= 4 is 34.0 Å². The van der Waals surface area contributed by atoms with E-state index in [4.69, 9.17) is 11.6 Å². The summed E-state index contributed by atoms with van der Waals surface area (Å²) in [5, 5.41) is 4.01. The lowest BCUT2D eigenvalue weighted by Gasteiger charge is -2.12. The SMILES string of the molecule is CC(C)NC(=O)c1sc(N2CCCC2)nc1Cl. The topological polar surface area (TPSA) is 45.2 Å². The van der Waals surface area contributed by atoms with Crippen LogP contribution in [0.25, 0.3) is 0 Å². The van der Waals surface area contributed by atoms with Crippen LogP contribution in [0.5, 0.6) is 0 Å². The maximum absolute atomic E-state index is 11.9. The van der Waals surface area contributed by atoms with Crippen molar-refractivity contribution in [2.24, 2.45) is 0 Å². The van der Waals surface area contributed by atoms with Gasteiger partial charge < -0.3 is 10.2 Å². The van der Waals surface area contributed by atoms with E-state index in [-0.39, 0.29) is 11.9 Å². The molecule has 1 aliphatic rings. The Labute approximate surface area is 110 Å². The molecule has 1 aromatic heterocycles. The molecule has 6 heteroatoms. The average molecular weight is 274 g/mol. The fourth-order valence-electron chi connectivity index (χ4n) is 1.80. The van der Waals surface area contributed by atoms with Gasteiger partial charge in [0.25, 0.3) is 5.91 Å². The van der Waals surface area contributed by atoms with Gasteiger partial charge in [-0.2, -0.15) is 0 Å². The van der Waals surface area contributed by atoms with Crippen molar-refractivity contribution in [2.75, 3.05) is 18.0 Å². The molecule has 2 rings (SSSR count). The molecule has 0 saturated carbocycles. The Kier molecular flexibility index (Phi) is 3.89. The molecule has 1 aromatic rings. The zero-order chi connectivity index (χ0) is 12.4. The molecule has 4 nitrogen and oxygen atoms in total. The largest absolute Gasteiger partial charge is 0.349 e. The van der Waals surface area contributed by atoms with Crippen LogP contribution in [0.2, 0.25) is 5.15 Å². The summed E-state index contributed by atoms with van der Waals surface area (Å²) in [6, 6.07) is 0.107. The highest BCUT2D eigenvalue weighted by atomic mass is 35.5. The first-order valence-electron chi connectivity index (χ1n) is 5.80. The monoisotopic (exact) mass is 273 g/mol. The number of carbonyl (C=O) groups is 1. The van der Waals surface area contributed by atoms with Gasteiger partial charge in [-0.1, -0.05) is 22.9 Å². The molecule has 1 N–H and O–H groups in total. The molecule has 0 radical (unpaired) electrons. The molecule has 0 aromatic carbocycles. The van der Waals surface area contributed by atoms with Crippen LogP contribution >= 0.6 is 22.9 Å². The Morgan fingerprint density at radius 3 is 2.71 bits per heavy atom. The fraction of sp³-hybridized carbons (Fsp3) is 0.636. The summed E-state index contributed by atoms with van der Waals surface area (Å²) >= 11 is 7.39. The Bertz CT molecular complexity index is 413. The summed E-state index contributed by atoms with van der Waals surface area (Å²) in [6.45, 7) is 5.87. The second-order valence-electron chi connectivity index (χ2n) is 4.44. The van der Waals surface area contributed by atoms with Gasteiger partial charge in [0.15, 0.2) is 10.3 Å². The number of halogens is 1. The summed E-state index contributed by atoms with van der Waals surface area (Å²) in [7, 11) is 0. The molecule has 1 saturated heterocycles. The lowest BCUT2D eigenvalue weighted by molar-refractivity contribution is 0.0947. The molecule has 17 heavy (non-hydrogen) atoms. The summed E-state index contributed by atoms with van der Waals surface area (Å²) in [5.74, 6) is -0.132. The van der Waals surface area contributed by atoms with E-state index in [1.54, 1.807) is 0 Å². The normalized spacial score (nSPS) is 15.6. The minimum absolute atomic E-state index is 0.107. The summed E-state index contributed by atoms with van der Waals surface area (Å²) < 4.78 is 0. The highest BCUT2D eigenvalue weighted by Gasteiger charge is 2.22. The van der Waals surface area contributed by atoms with Gasteiger partial charge >= 0.3 is 0 Å². The van der Waals surface area contributed by atoms with Crippen LogP contribution in [0, 0.1) is 0 Å². The van der Waals surface area contributed by atoms with E-state index >= 15 is 0 Å². The first kappa shape index (κ1) is 12.6. The van der Waals surface area contributed by atoms with E-state index in [1.165, 1.54) is 24.2 Å². The van der Waals surface area contributed by atoms with Crippen molar-refractivity contribution in [1.29, 1.82) is 0 Å². The number of aromatic nitrogens is 1. The van der Waals surface area contributed by atoms with Crippen LogP contribution in [0.4, 0.5) is 5.13 Å². The van der Waals surface area contributed by atoms with E-state index in [9.17, 15) is 4.79 Å². The molecule has 94 valence electrons. The van der Waals surface area contributed by atoms with Gasteiger partial charge in [0, 0.05) is 19.1 Å². The highest BCUT2D eigenvalue weighted by Crippen LogP contribution is 2.31. The first-order valence-corrected chi connectivity index (χ1v) is 6.99. The van der Waals surface area contributed by atoms with Gasteiger partial charge in [-0.25, -0.2) is 4.98 Å². The van der Waals surface area contributed by atoms with Crippen LogP contribution in [0.1, 0.15) is 36.4 Å². The lowest BCUT2D eigenvalue weighted by Crippen LogP contribution is -2.29. The minimum Gasteiger partial charge on any atom is -0.349 e. The summed E-state index contributed by atoms with van der Waals surface area (Å²) in [4.78, 5) is 18.8. The maximum Gasteiger partial charge on any atom is 0.264 e. The van der Waals surface area contributed by atoms with Crippen LogP contribution in [0.15, 0.2) is 0 Å². The number of nitrogens with one attached hydrogen (secondary N) is 1. The van der Waals surface area contributed by atoms with Crippen molar-refractivity contribution in [2.45, 2.75) is 32.7 Å². The van der Waals surface area contributed by atoms with E-state index in [2.05, 4.69) is 15.2 Å². The number of nitrogens with zero attached hydrogens (tertiary/aromatic N) is 2. The number of carbonyl (C=O) groups excluding carboxylic acids is 1. The third kappa shape index (κ3) is 2.90. The van der Waals surface area contributed by atoms with E-state index in [0.29, 0.717) is 10.0 Å². The number of anilines is 1. The fourth-order valence-corrected chi connectivity index (χ4v) is 3.05. The number of hydrogen-bond acceptors (Lipinski definition) is 4. The minimum atomic E-state index is -0.132. The molecule has 0 unspecified atom stereocenters. The molecule has 1 amide bonds. The predicted octanol–water partition coefficient (Wildman–Crippen LogP) is 2.53. The zero-order valence-electron chi connectivity index (χ0n) is 9.99. The van der Waals surface area contributed by atoms with Crippen molar-refractivity contribution in [3.05, 3.63) is 10.0 Å². The molecule has 0 aliphatic carbocycles. The van der Waals surface area contributed by atoms with Crippen molar-refractivity contribution in [3.63, 3.8) is 0 Å². The Morgan fingerprint density at radius 2 is 2.12 bits per heavy atom. The second-order valence-corrected chi connectivity index (χ2v) is 5.77. The zero-order valence-corrected chi connectivity index (χ0v) is 11.6. The van der Waals surface area contributed by atoms with Crippen LogP contribution in [-0.2, 0) is 0 Å². The molecule has 1 aliphatic heterocycles. The van der Waals surface area contributed by atoms with Gasteiger partial charge in [0.2, 0.25) is 0 Å². The summed E-state index contributed by atoms with van der Waals surface area (Å²) in [6.07, 6.45) is 2.37. The van der Waals surface area contributed by atoms with Gasteiger partial charge in [-0.15, -0.1) is 0 Å². The average Bonchev–Trinajstić information content (AvgIpc) is 2.84. The smallest absolute Gasteiger partial charge is 0.264 e. The predicted molar refractivity (Wildman–Crippen MR) is 71.2 cm³/mol. The highest BCUT2D eigenvalue weighted by molar-refractivity contribution is 7.18. The standard InChI is InChI=1S/C11H16ClN3OS/c1-7(2)13-10(16)8-9(12)14-11(17-8)15-5-3-4-6-15/h7H,3-6H2,1-2H3,(H,13,16). The Balaban J connectivity index is 2.15. The quantitative estimate of drug-likeness (QED) is 0.921. The van der Waals surface area contributed by atoms with E-state index in [0.717, 1.165) is 18.2 Å². The number of hydrogen-bond donors (Lipinski definition) is 1. The first-order chi connectivity index (χ1) is 8.08. The Morgan fingerprint density at radius 1 is 1.47 bits per heavy atom. The Hall–Kier alpha value is -0.810. The van der Waals surface area contributed by atoms with Crippen molar-refractivity contribution < 1.29 is 4.79 Å². The van der Waals surface area contributed by atoms with Crippen LogP contribution in [-0.4, -0.2) is 30.0 Å². The van der Waals surface area contributed by atoms with Crippen molar-refractivity contribution in [3.8, 4) is 0 Å². The number of thiazole rings is 1. The third-order valence-corrected chi connectivity index (χ3v) is 4.08. The van der Waals surface area contributed by atoms with E-state index in [1.807, 2.05) is 13.8 Å². The number of rotatable bonds is 3. The molecular weight excluding hydrogens is 258 g/mol. The molecule has 0 bridgehead atoms.